The molecule has 2 saturated heterocycles. The monoisotopic (exact) mass is 226 g/mol. The Morgan fingerprint density at radius 2 is 1.88 bits per heavy atom. The van der Waals surface area contributed by atoms with Crippen molar-refractivity contribution in [3.63, 3.8) is 0 Å². The first-order chi connectivity index (χ1) is 7.72. The van der Waals surface area contributed by atoms with Gasteiger partial charge in [-0.1, -0.05) is 0 Å². The van der Waals surface area contributed by atoms with E-state index in [2.05, 4.69) is 11.9 Å². The van der Waals surface area contributed by atoms with Crippen LogP contribution in [0.25, 0.3) is 0 Å². The molecule has 0 saturated carbocycles. The Morgan fingerprint density at radius 1 is 1.19 bits per heavy atom. The van der Waals surface area contributed by atoms with E-state index in [9.17, 15) is 4.79 Å². The lowest BCUT2D eigenvalue weighted by Gasteiger charge is -2.36. The van der Waals surface area contributed by atoms with Crippen LogP contribution in [-0.4, -0.2) is 55.7 Å². The van der Waals surface area contributed by atoms with Crippen LogP contribution < -0.4 is 0 Å². The first-order valence-electron chi connectivity index (χ1n) is 6.25. The highest BCUT2D eigenvalue weighted by Gasteiger charge is 2.36. The predicted octanol–water partition coefficient (Wildman–Crippen LogP) is 1.56. The largest absolute Gasteiger partial charge is 0.453 e. The van der Waals surface area contributed by atoms with Crippen LogP contribution in [0, 0.1) is 5.92 Å². The van der Waals surface area contributed by atoms with Crippen LogP contribution >= 0.6 is 0 Å². The summed E-state index contributed by atoms with van der Waals surface area (Å²) in [4.78, 5) is 15.9. The summed E-state index contributed by atoms with van der Waals surface area (Å²) in [5.41, 5.74) is 0. The van der Waals surface area contributed by atoms with Gasteiger partial charge in [0.05, 0.1) is 7.11 Å². The predicted molar refractivity (Wildman–Crippen MR) is 62.4 cm³/mol. The van der Waals surface area contributed by atoms with Crippen molar-refractivity contribution in [3.8, 4) is 0 Å². The van der Waals surface area contributed by atoms with Gasteiger partial charge in [-0.15, -0.1) is 0 Å². The zero-order chi connectivity index (χ0) is 11.5. The van der Waals surface area contributed by atoms with E-state index in [-0.39, 0.29) is 6.09 Å². The lowest BCUT2D eigenvalue weighted by atomic mass is 9.88. The van der Waals surface area contributed by atoms with Crippen molar-refractivity contribution in [2.75, 3.05) is 33.8 Å². The average Bonchev–Trinajstić information content (AvgIpc) is 2.78. The molecule has 4 heteroatoms. The summed E-state index contributed by atoms with van der Waals surface area (Å²) in [6, 6.07) is 0.432. The van der Waals surface area contributed by atoms with E-state index in [1.807, 2.05) is 4.90 Å². The van der Waals surface area contributed by atoms with E-state index < -0.39 is 0 Å². The zero-order valence-electron chi connectivity index (χ0n) is 10.3. The van der Waals surface area contributed by atoms with Gasteiger partial charge in [-0.25, -0.2) is 4.79 Å². The molecule has 0 aromatic heterocycles. The molecule has 0 N–H and O–H groups in total. The second-order valence-corrected chi connectivity index (χ2v) is 5.01. The van der Waals surface area contributed by atoms with Gasteiger partial charge in [0.15, 0.2) is 0 Å². The molecule has 2 heterocycles. The van der Waals surface area contributed by atoms with Crippen molar-refractivity contribution in [3.05, 3.63) is 0 Å². The molecule has 0 bridgehead atoms. The molecule has 2 rings (SSSR count). The number of ether oxygens (including phenoxy) is 1. The SMILES string of the molecule is COC(=O)N1CCC[C@H]1C1CCN(C)CC1. The second-order valence-electron chi connectivity index (χ2n) is 5.01. The molecule has 2 aliphatic rings. The molecule has 4 nitrogen and oxygen atoms in total. The maximum atomic E-state index is 11.6. The van der Waals surface area contributed by atoms with Crippen LogP contribution in [0.15, 0.2) is 0 Å². The quantitative estimate of drug-likeness (QED) is 0.680. The number of rotatable bonds is 1. The number of carbonyl (C=O) groups excluding carboxylic acids is 1. The van der Waals surface area contributed by atoms with E-state index in [1.54, 1.807) is 0 Å². The van der Waals surface area contributed by atoms with Crippen LogP contribution in [0.1, 0.15) is 25.7 Å². The maximum absolute atomic E-state index is 11.6. The molecule has 0 radical (unpaired) electrons. The van der Waals surface area contributed by atoms with Crippen molar-refractivity contribution in [2.45, 2.75) is 31.7 Å². The van der Waals surface area contributed by atoms with Gasteiger partial charge >= 0.3 is 6.09 Å². The molecule has 0 aliphatic carbocycles. The van der Waals surface area contributed by atoms with Crippen molar-refractivity contribution in [2.24, 2.45) is 5.92 Å². The van der Waals surface area contributed by atoms with Crippen molar-refractivity contribution in [1.29, 1.82) is 0 Å². The second kappa shape index (κ2) is 5.04. The maximum Gasteiger partial charge on any atom is 0.409 e. The van der Waals surface area contributed by atoms with Crippen LogP contribution in [0.3, 0.4) is 0 Å². The molecule has 0 unspecified atom stereocenters. The molecule has 0 spiro atoms. The van der Waals surface area contributed by atoms with Gasteiger partial charge in [-0.3, -0.25) is 0 Å². The molecular weight excluding hydrogens is 204 g/mol. The van der Waals surface area contributed by atoms with Crippen LogP contribution in [0.4, 0.5) is 4.79 Å². The molecule has 1 atom stereocenters. The van der Waals surface area contributed by atoms with Gasteiger partial charge in [0, 0.05) is 12.6 Å². The van der Waals surface area contributed by atoms with Crippen LogP contribution in [0.2, 0.25) is 0 Å². The Hall–Kier alpha value is -0.770. The number of amides is 1. The summed E-state index contributed by atoms with van der Waals surface area (Å²) < 4.78 is 4.85. The molecule has 0 aromatic rings. The summed E-state index contributed by atoms with van der Waals surface area (Å²) in [5.74, 6) is 0.679. The fraction of sp³-hybridized carbons (Fsp3) is 0.917. The lowest BCUT2D eigenvalue weighted by molar-refractivity contribution is 0.0897. The van der Waals surface area contributed by atoms with Crippen LogP contribution in [0.5, 0.6) is 0 Å². The molecule has 92 valence electrons. The Balaban J connectivity index is 1.94. The number of nitrogens with zero attached hydrogens (tertiary/aromatic N) is 2. The summed E-state index contributed by atoms with van der Waals surface area (Å²) in [6.45, 7) is 3.20. The van der Waals surface area contributed by atoms with Crippen molar-refractivity contribution < 1.29 is 9.53 Å². The van der Waals surface area contributed by atoms with E-state index in [0.717, 1.165) is 32.5 Å². The van der Waals surface area contributed by atoms with Crippen molar-refractivity contribution in [1.82, 2.24) is 9.80 Å². The van der Waals surface area contributed by atoms with Crippen LogP contribution in [-0.2, 0) is 4.74 Å². The average molecular weight is 226 g/mol. The van der Waals surface area contributed by atoms with Gasteiger partial charge in [0.25, 0.3) is 0 Å². The highest BCUT2D eigenvalue weighted by atomic mass is 16.5. The van der Waals surface area contributed by atoms with Gasteiger partial charge in [0.2, 0.25) is 0 Å². The first-order valence-corrected chi connectivity index (χ1v) is 6.25. The Morgan fingerprint density at radius 3 is 2.50 bits per heavy atom. The minimum atomic E-state index is -0.138. The summed E-state index contributed by atoms with van der Waals surface area (Å²) in [5, 5.41) is 0. The fourth-order valence-corrected chi connectivity index (χ4v) is 3.04. The van der Waals surface area contributed by atoms with E-state index >= 15 is 0 Å². The summed E-state index contributed by atoms with van der Waals surface area (Å²) >= 11 is 0. The zero-order valence-corrected chi connectivity index (χ0v) is 10.3. The Labute approximate surface area is 97.5 Å². The van der Waals surface area contributed by atoms with Gasteiger partial charge in [-0.05, 0) is 51.7 Å². The first kappa shape index (κ1) is 11.7. The lowest BCUT2D eigenvalue weighted by Crippen LogP contribution is -2.44. The summed E-state index contributed by atoms with van der Waals surface area (Å²) in [7, 11) is 3.65. The highest BCUT2D eigenvalue weighted by Crippen LogP contribution is 2.31. The molecule has 0 aromatic carbocycles. The number of methoxy groups -OCH3 is 1. The normalized spacial score (nSPS) is 28.4. The third kappa shape index (κ3) is 2.32. The third-order valence-corrected chi connectivity index (χ3v) is 4.02. The van der Waals surface area contributed by atoms with Crippen molar-refractivity contribution >= 4 is 6.09 Å². The molecular formula is C12H22N2O2. The minimum absolute atomic E-state index is 0.138. The summed E-state index contributed by atoms with van der Waals surface area (Å²) in [6.07, 6.45) is 4.58. The van der Waals surface area contributed by atoms with E-state index in [1.165, 1.54) is 20.0 Å². The van der Waals surface area contributed by atoms with Gasteiger partial charge in [0.1, 0.15) is 0 Å². The molecule has 16 heavy (non-hydrogen) atoms. The van der Waals surface area contributed by atoms with E-state index in [4.69, 9.17) is 4.74 Å². The molecule has 1 amide bonds. The smallest absolute Gasteiger partial charge is 0.409 e. The number of piperidine rings is 1. The molecule has 2 aliphatic heterocycles. The van der Waals surface area contributed by atoms with Gasteiger partial charge < -0.3 is 14.5 Å². The molecule has 2 fully saturated rings. The number of carbonyl (C=O) groups is 1. The minimum Gasteiger partial charge on any atom is -0.453 e. The number of hydrogen-bond donors (Lipinski definition) is 0. The fourth-order valence-electron chi connectivity index (χ4n) is 3.04. The topological polar surface area (TPSA) is 32.8 Å². The Kier molecular flexibility index (Phi) is 3.69. The number of likely N-dealkylation sites (tertiary alicyclic amines) is 2. The standard InChI is InChI=1S/C12H22N2O2/c1-13-8-5-10(6-9-13)11-4-3-7-14(11)12(15)16-2/h10-11H,3-9H2,1-2H3/t11-/m0/s1. The van der Waals surface area contributed by atoms with E-state index in [0.29, 0.717) is 12.0 Å². The Bertz CT molecular complexity index is 249. The number of hydrogen-bond acceptors (Lipinski definition) is 3. The van der Waals surface area contributed by atoms with Gasteiger partial charge in [-0.2, -0.15) is 0 Å². The highest BCUT2D eigenvalue weighted by molar-refractivity contribution is 5.68. The third-order valence-electron chi connectivity index (χ3n) is 4.02.